The normalized spacial score (nSPS) is 13.8. The molecule has 1 aliphatic rings. The van der Waals surface area contributed by atoms with Crippen molar-refractivity contribution < 1.29 is 44.2 Å². The van der Waals surface area contributed by atoms with Crippen LogP contribution < -0.4 is 39.6 Å². The third-order valence-electron chi connectivity index (χ3n) is 6.31. The molecular formula is C28H22N5NaO3. The van der Waals surface area contributed by atoms with Gasteiger partial charge < -0.3 is 19.5 Å². The van der Waals surface area contributed by atoms with Crippen molar-refractivity contribution in [3.05, 3.63) is 89.9 Å². The molecule has 1 saturated heterocycles. The van der Waals surface area contributed by atoms with E-state index in [4.69, 9.17) is 9.72 Å². The molecule has 0 bridgehead atoms. The van der Waals surface area contributed by atoms with Crippen molar-refractivity contribution in [2.24, 2.45) is 0 Å². The SMILES string of the molecule is O=C([O-])c1cccc2nc(/C=C/c3nc4c(N5CCOCC5)ccnn4c3-c3ccccc3)ccc12.[Na+]. The topological polar surface area (TPSA) is 95.7 Å². The quantitative estimate of drug-likeness (QED) is 0.322. The number of pyridine rings is 1. The van der Waals surface area contributed by atoms with Crippen LogP contribution in [0.1, 0.15) is 21.7 Å². The van der Waals surface area contributed by atoms with Gasteiger partial charge in [0.2, 0.25) is 0 Å². The Morgan fingerprint density at radius 1 is 0.919 bits per heavy atom. The number of ether oxygens (including phenoxy) is 1. The minimum atomic E-state index is -1.22. The second-order valence-corrected chi connectivity index (χ2v) is 8.49. The second-order valence-electron chi connectivity index (χ2n) is 8.49. The van der Waals surface area contributed by atoms with Gasteiger partial charge in [-0.2, -0.15) is 5.10 Å². The van der Waals surface area contributed by atoms with Gasteiger partial charge in [-0.05, 0) is 30.4 Å². The molecule has 5 aromatic rings. The van der Waals surface area contributed by atoms with E-state index in [9.17, 15) is 9.90 Å². The minimum absolute atomic E-state index is 0. The Kier molecular flexibility index (Phi) is 7.34. The molecule has 2 aromatic carbocycles. The van der Waals surface area contributed by atoms with E-state index in [2.05, 4.69) is 15.0 Å². The van der Waals surface area contributed by atoms with E-state index in [0.29, 0.717) is 29.8 Å². The summed E-state index contributed by atoms with van der Waals surface area (Å²) in [6, 6.07) is 20.6. The average molecular weight is 500 g/mol. The number of fused-ring (bicyclic) bond motifs is 2. The van der Waals surface area contributed by atoms with Crippen LogP contribution in [0.25, 0.3) is 40.0 Å². The van der Waals surface area contributed by atoms with Gasteiger partial charge in [-0.25, -0.2) is 14.5 Å². The summed E-state index contributed by atoms with van der Waals surface area (Å²) in [4.78, 5) is 23.3. The van der Waals surface area contributed by atoms with Crippen LogP contribution in [0, 0.1) is 0 Å². The summed E-state index contributed by atoms with van der Waals surface area (Å²) in [5, 5.41) is 16.6. The number of rotatable bonds is 5. The van der Waals surface area contributed by atoms with E-state index < -0.39 is 5.97 Å². The summed E-state index contributed by atoms with van der Waals surface area (Å²) < 4.78 is 7.42. The number of carboxylic acids is 1. The van der Waals surface area contributed by atoms with Crippen molar-refractivity contribution in [1.29, 1.82) is 0 Å². The number of hydrogen-bond donors (Lipinski definition) is 0. The molecule has 0 spiro atoms. The van der Waals surface area contributed by atoms with Crippen LogP contribution in [0.4, 0.5) is 5.69 Å². The molecule has 37 heavy (non-hydrogen) atoms. The monoisotopic (exact) mass is 499 g/mol. The number of morpholine rings is 1. The standard InChI is InChI=1S/C28H23N5O3.Na/c34-28(35)22-7-4-8-23-21(22)11-9-20(30-23)10-12-24-26(19-5-2-1-3-6-19)33-27(31-24)25(13-14-29-33)32-15-17-36-18-16-32;/h1-14H,15-18H2,(H,34,35);/q;+1/p-1/b12-10+;. The number of nitrogens with zero attached hydrogens (tertiary/aromatic N) is 5. The summed E-state index contributed by atoms with van der Waals surface area (Å²) in [6.45, 7) is 2.96. The van der Waals surface area contributed by atoms with Crippen molar-refractivity contribution in [1.82, 2.24) is 19.6 Å². The van der Waals surface area contributed by atoms with E-state index in [1.54, 1.807) is 30.5 Å². The average Bonchev–Trinajstić information content (AvgIpc) is 3.31. The fraction of sp³-hybridized carbons (Fsp3) is 0.143. The first kappa shape index (κ1) is 25.1. The van der Waals surface area contributed by atoms with Crippen LogP contribution >= 0.6 is 0 Å². The molecule has 0 aliphatic carbocycles. The molecule has 0 unspecified atom stereocenters. The molecule has 9 heteroatoms. The fourth-order valence-electron chi connectivity index (χ4n) is 4.59. The molecule has 1 fully saturated rings. The van der Waals surface area contributed by atoms with E-state index in [-0.39, 0.29) is 35.1 Å². The molecular weight excluding hydrogens is 477 g/mol. The van der Waals surface area contributed by atoms with Crippen LogP contribution in [-0.4, -0.2) is 51.9 Å². The largest absolute Gasteiger partial charge is 1.00 e. The van der Waals surface area contributed by atoms with Gasteiger partial charge in [0.05, 0.1) is 48.0 Å². The molecule has 0 N–H and O–H groups in total. The molecule has 0 saturated carbocycles. The minimum Gasteiger partial charge on any atom is -0.545 e. The smallest absolute Gasteiger partial charge is 0.545 e. The first-order chi connectivity index (χ1) is 17.7. The Morgan fingerprint density at radius 3 is 2.51 bits per heavy atom. The first-order valence-corrected chi connectivity index (χ1v) is 11.7. The molecule has 0 atom stereocenters. The van der Waals surface area contributed by atoms with Crippen molar-refractivity contribution >= 4 is 40.4 Å². The van der Waals surface area contributed by atoms with Gasteiger partial charge in [0.25, 0.3) is 0 Å². The number of imidazole rings is 1. The van der Waals surface area contributed by atoms with Gasteiger partial charge >= 0.3 is 29.6 Å². The molecule has 0 amide bonds. The van der Waals surface area contributed by atoms with Crippen molar-refractivity contribution in [2.45, 2.75) is 0 Å². The number of carbonyl (C=O) groups excluding carboxylic acids is 1. The van der Waals surface area contributed by atoms with Gasteiger partial charge in [-0.3, -0.25) is 0 Å². The van der Waals surface area contributed by atoms with Gasteiger partial charge in [-0.15, -0.1) is 0 Å². The van der Waals surface area contributed by atoms with Crippen LogP contribution in [-0.2, 0) is 4.74 Å². The number of hydrogen-bond acceptors (Lipinski definition) is 7. The number of aromatic carboxylic acids is 1. The molecule has 0 radical (unpaired) electrons. The molecule has 4 heterocycles. The zero-order valence-electron chi connectivity index (χ0n) is 20.4. The van der Waals surface area contributed by atoms with Crippen LogP contribution in [0.5, 0.6) is 0 Å². The second kappa shape index (κ2) is 10.8. The number of carboxylic acid groups (broad SMARTS) is 1. The summed E-state index contributed by atoms with van der Waals surface area (Å²) in [7, 11) is 0. The first-order valence-electron chi connectivity index (χ1n) is 11.7. The zero-order valence-corrected chi connectivity index (χ0v) is 22.4. The predicted octanol–water partition coefficient (Wildman–Crippen LogP) is 0.319. The third kappa shape index (κ3) is 4.89. The van der Waals surface area contributed by atoms with Crippen LogP contribution in [0.15, 0.2) is 72.9 Å². The Morgan fingerprint density at radius 2 is 1.73 bits per heavy atom. The molecule has 3 aromatic heterocycles. The maximum atomic E-state index is 11.4. The summed E-state index contributed by atoms with van der Waals surface area (Å²) in [6.07, 6.45) is 5.61. The molecule has 178 valence electrons. The maximum Gasteiger partial charge on any atom is 1.00 e. The maximum absolute atomic E-state index is 11.4. The summed E-state index contributed by atoms with van der Waals surface area (Å²) >= 11 is 0. The van der Waals surface area contributed by atoms with Crippen LogP contribution in [0.2, 0.25) is 0 Å². The van der Waals surface area contributed by atoms with E-state index >= 15 is 0 Å². The zero-order chi connectivity index (χ0) is 24.5. The van der Waals surface area contributed by atoms with Gasteiger partial charge in [0, 0.05) is 29.6 Å². The molecule has 1 aliphatic heterocycles. The Bertz CT molecular complexity index is 1610. The van der Waals surface area contributed by atoms with E-state index in [1.165, 1.54) is 6.07 Å². The Balaban J connectivity index is 0.00000280. The molecule has 6 rings (SSSR count). The van der Waals surface area contributed by atoms with Crippen molar-refractivity contribution in [3.8, 4) is 11.3 Å². The summed E-state index contributed by atoms with van der Waals surface area (Å²) in [5.74, 6) is -1.22. The predicted molar refractivity (Wildman–Crippen MR) is 136 cm³/mol. The Hall–Kier alpha value is -3.56. The van der Waals surface area contributed by atoms with Gasteiger partial charge in [0.15, 0.2) is 5.65 Å². The van der Waals surface area contributed by atoms with E-state index in [1.807, 2.05) is 53.1 Å². The van der Waals surface area contributed by atoms with Gasteiger partial charge in [0.1, 0.15) is 5.69 Å². The van der Waals surface area contributed by atoms with Gasteiger partial charge in [-0.1, -0.05) is 48.5 Å². The molecule has 8 nitrogen and oxygen atoms in total. The van der Waals surface area contributed by atoms with Crippen LogP contribution in [0.3, 0.4) is 0 Å². The number of aromatic nitrogens is 4. The van der Waals surface area contributed by atoms with E-state index in [0.717, 1.165) is 41.4 Å². The third-order valence-corrected chi connectivity index (χ3v) is 6.31. The summed E-state index contributed by atoms with van der Waals surface area (Å²) in [5.41, 5.74) is 5.86. The number of benzene rings is 2. The van der Waals surface area contributed by atoms with Crippen molar-refractivity contribution in [3.63, 3.8) is 0 Å². The fourth-order valence-corrected chi connectivity index (χ4v) is 4.59. The Labute approximate surface area is 235 Å². The van der Waals surface area contributed by atoms with Crippen molar-refractivity contribution in [2.75, 3.05) is 31.2 Å². The number of anilines is 1. The number of carbonyl (C=O) groups is 1.